The maximum absolute atomic E-state index is 11.8. The maximum atomic E-state index is 11.8. The highest BCUT2D eigenvalue weighted by molar-refractivity contribution is 5.70. The zero-order chi connectivity index (χ0) is 18.2. The molecule has 0 saturated heterocycles. The summed E-state index contributed by atoms with van der Waals surface area (Å²) < 4.78 is 5.36. The minimum Gasteiger partial charge on any atom is -0.460 e. The predicted molar refractivity (Wildman–Crippen MR) is 103 cm³/mol. The second-order valence-corrected chi connectivity index (χ2v) is 7.64. The van der Waals surface area contributed by atoms with Crippen LogP contribution in [0.3, 0.4) is 0 Å². The first-order chi connectivity index (χ1) is 11.2. The molecule has 0 N–H and O–H groups in total. The highest BCUT2D eigenvalue weighted by atomic mass is 16.6. The van der Waals surface area contributed by atoms with E-state index in [0.29, 0.717) is 12.8 Å². The third-order valence-electron chi connectivity index (χ3n) is 3.49. The molecule has 2 heteroatoms. The van der Waals surface area contributed by atoms with Crippen molar-refractivity contribution in [2.45, 2.75) is 72.8 Å². The number of allylic oxidation sites excluding steroid dienone is 3. The molecule has 0 unspecified atom stereocenters. The van der Waals surface area contributed by atoms with Crippen molar-refractivity contribution in [3.8, 4) is 0 Å². The van der Waals surface area contributed by atoms with Crippen LogP contribution in [0.4, 0.5) is 0 Å². The van der Waals surface area contributed by atoms with Crippen LogP contribution in [0.2, 0.25) is 0 Å². The molecule has 0 amide bonds. The third kappa shape index (κ3) is 9.34. The van der Waals surface area contributed by atoms with E-state index in [4.69, 9.17) is 4.74 Å². The lowest BCUT2D eigenvalue weighted by Gasteiger charge is -2.19. The van der Waals surface area contributed by atoms with E-state index in [1.54, 1.807) is 0 Å². The topological polar surface area (TPSA) is 26.3 Å². The van der Waals surface area contributed by atoms with Crippen LogP contribution in [-0.2, 0) is 16.0 Å². The Kier molecular flexibility index (Phi) is 7.97. The van der Waals surface area contributed by atoms with Crippen molar-refractivity contribution < 1.29 is 9.53 Å². The van der Waals surface area contributed by atoms with Crippen molar-refractivity contribution in [2.24, 2.45) is 0 Å². The van der Waals surface area contributed by atoms with Crippen LogP contribution >= 0.6 is 0 Å². The van der Waals surface area contributed by atoms with Gasteiger partial charge in [0.2, 0.25) is 0 Å². The summed E-state index contributed by atoms with van der Waals surface area (Å²) in [4.78, 5) is 11.8. The second kappa shape index (κ2) is 9.46. The van der Waals surface area contributed by atoms with E-state index in [1.165, 1.54) is 22.3 Å². The maximum Gasteiger partial charge on any atom is 0.306 e. The second-order valence-electron chi connectivity index (χ2n) is 7.64. The highest BCUT2D eigenvalue weighted by Gasteiger charge is 2.15. The van der Waals surface area contributed by atoms with Crippen molar-refractivity contribution in [1.82, 2.24) is 0 Å². The molecule has 1 aromatic rings. The zero-order valence-electron chi connectivity index (χ0n) is 16.1. The summed E-state index contributed by atoms with van der Waals surface area (Å²) in [5, 5.41) is 0. The van der Waals surface area contributed by atoms with Gasteiger partial charge in [0, 0.05) is 6.42 Å². The normalized spacial score (nSPS) is 12.0. The van der Waals surface area contributed by atoms with Gasteiger partial charge in [-0.2, -0.15) is 0 Å². The summed E-state index contributed by atoms with van der Waals surface area (Å²) >= 11 is 0. The first-order valence-corrected chi connectivity index (χ1v) is 8.77. The van der Waals surface area contributed by atoms with E-state index in [-0.39, 0.29) is 5.97 Å². The fraction of sp³-hybridized carbons (Fsp3) is 0.500. The molecule has 0 fully saturated rings. The van der Waals surface area contributed by atoms with Gasteiger partial charge < -0.3 is 4.74 Å². The van der Waals surface area contributed by atoms with Crippen molar-refractivity contribution in [3.63, 3.8) is 0 Å². The minimum atomic E-state index is -0.413. The first kappa shape index (κ1) is 20.2. The Morgan fingerprint density at radius 1 is 1.12 bits per heavy atom. The van der Waals surface area contributed by atoms with E-state index < -0.39 is 5.60 Å². The molecule has 1 aromatic carbocycles. The van der Waals surface area contributed by atoms with Gasteiger partial charge in [0.05, 0.1) is 0 Å². The molecular formula is C22H32O2. The van der Waals surface area contributed by atoms with Gasteiger partial charge in [-0.3, -0.25) is 4.79 Å². The minimum absolute atomic E-state index is 0.138. The van der Waals surface area contributed by atoms with Gasteiger partial charge in [0.1, 0.15) is 5.60 Å². The number of aryl methyl sites for hydroxylation is 1. The molecule has 0 spiro atoms. The van der Waals surface area contributed by atoms with Crippen LogP contribution in [0.25, 0.3) is 6.08 Å². The van der Waals surface area contributed by atoms with Gasteiger partial charge in [-0.25, -0.2) is 0 Å². The molecule has 0 aromatic heterocycles. The molecule has 2 nitrogen and oxygen atoms in total. The third-order valence-corrected chi connectivity index (χ3v) is 3.49. The number of hydrogen-bond donors (Lipinski definition) is 0. The Hall–Kier alpha value is -1.83. The number of ether oxygens (including phenoxy) is 1. The quantitative estimate of drug-likeness (QED) is 0.446. The number of benzene rings is 1. The molecule has 0 atom stereocenters. The van der Waals surface area contributed by atoms with Gasteiger partial charge in [0.25, 0.3) is 0 Å². The van der Waals surface area contributed by atoms with Crippen molar-refractivity contribution in [1.29, 1.82) is 0 Å². The molecule has 0 bridgehead atoms. The van der Waals surface area contributed by atoms with E-state index in [9.17, 15) is 4.79 Å². The average Bonchev–Trinajstić information content (AvgIpc) is 2.43. The summed E-state index contributed by atoms with van der Waals surface area (Å²) in [6.45, 7) is 12.1. The fourth-order valence-electron chi connectivity index (χ4n) is 2.42. The standard InChI is InChI=1S/C22H32O2/c1-17(2)9-7-10-18(3)15-20-12-8-11-19(16-20)13-14-21(23)24-22(4,5)6/h8-9,11-12,15-16H,7,10,13-14H2,1-6H3. The SMILES string of the molecule is CC(C)=CCCC(C)=Cc1cccc(CCC(=O)OC(C)(C)C)c1. The Bertz CT molecular complexity index is 597. The van der Waals surface area contributed by atoms with Crippen molar-refractivity contribution in [3.05, 3.63) is 52.6 Å². The molecule has 0 aliphatic rings. The Labute approximate surface area is 147 Å². The van der Waals surface area contributed by atoms with Crippen molar-refractivity contribution in [2.75, 3.05) is 0 Å². The monoisotopic (exact) mass is 328 g/mol. The van der Waals surface area contributed by atoms with Crippen LogP contribution in [-0.4, -0.2) is 11.6 Å². The number of carbonyl (C=O) groups is 1. The number of hydrogen-bond acceptors (Lipinski definition) is 2. The van der Waals surface area contributed by atoms with E-state index in [2.05, 4.69) is 57.2 Å². The van der Waals surface area contributed by atoms with Gasteiger partial charge in [-0.05, 0) is 71.9 Å². The lowest BCUT2D eigenvalue weighted by atomic mass is 10.0. The largest absolute Gasteiger partial charge is 0.460 e. The van der Waals surface area contributed by atoms with Crippen LogP contribution in [0.1, 0.15) is 71.9 Å². The molecule has 132 valence electrons. The van der Waals surface area contributed by atoms with Gasteiger partial charge in [-0.15, -0.1) is 0 Å². The van der Waals surface area contributed by atoms with E-state index >= 15 is 0 Å². The smallest absolute Gasteiger partial charge is 0.306 e. The zero-order valence-corrected chi connectivity index (χ0v) is 16.1. The average molecular weight is 328 g/mol. The van der Waals surface area contributed by atoms with Gasteiger partial charge in [-0.1, -0.05) is 47.6 Å². The van der Waals surface area contributed by atoms with E-state index in [0.717, 1.165) is 12.8 Å². The molecule has 0 saturated carbocycles. The Morgan fingerprint density at radius 2 is 1.83 bits per heavy atom. The van der Waals surface area contributed by atoms with Crippen LogP contribution < -0.4 is 0 Å². The fourth-order valence-corrected chi connectivity index (χ4v) is 2.42. The van der Waals surface area contributed by atoms with Crippen molar-refractivity contribution >= 4 is 12.0 Å². The predicted octanol–water partition coefficient (Wildman–Crippen LogP) is 6.11. The van der Waals surface area contributed by atoms with Crippen LogP contribution in [0.5, 0.6) is 0 Å². The van der Waals surface area contributed by atoms with E-state index in [1.807, 2.05) is 20.8 Å². The highest BCUT2D eigenvalue weighted by Crippen LogP contribution is 2.16. The number of rotatable bonds is 7. The molecule has 0 aliphatic heterocycles. The molecular weight excluding hydrogens is 296 g/mol. The molecule has 0 heterocycles. The summed E-state index contributed by atoms with van der Waals surface area (Å²) in [6.07, 6.45) is 7.80. The van der Waals surface area contributed by atoms with Gasteiger partial charge in [0.15, 0.2) is 0 Å². The van der Waals surface area contributed by atoms with Gasteiger partial charge >= 0.3 is 5.97 Å². The lowest BCUT2D eigenvalue weighted by Crippen LogP contribution is -2.24. The first-order valence-electron chi connectivity index (χ1n) is 8.77. The summed E-state index contributed by atoms with van der Waals surface area (Å²) in [7, 11) is 0. The molecule has 1 rings (SSSR count). The van der Waals surface area contributed by atoms with Crippen LogP contribution in [0.15, 0.2) is 41.5 Å². The molecule has 0 radical (unpaired) electrons. The Morgan fingerprint density at radius 3 is 2.46 bits per heavy atom. The summed E-state index contributed by atoms with van der Waals surface area (Å²) in [6, 6.07) is 8.40. The number of esters is 1. The molecule has 0 aliphatic carbocycles. The summed E-state index contributed by atoms with van der Waals surface area (Å²) in [5.74, 6) is -0.138. The number of carbonyl (C=O) groups excluding carboxylic acids is 1. The summed E-state index contributed by atoms with van der Waals surface area (Å²) in [5.41, 5.74) is 4.70. The van der Waals surface area contributed by atoms with Crippen LogP contribution in [0, 0.1) is 0 Å². The Balaban J connectivity index is 2.60. The molecule has 24 heavy (non-hydrogen) atoms. The lowest BCUT2D eigenvalue weighted by molar-refractivity contribution is -0.154.